The van der Waals surface area contributed by atoms with Crippen LogP contribution >= 0.6 is 0 Å². The number of aromatic nitrogens is 2. The lowest BCUT2D eigenvalue weighted by Gasteiger charge is -2.09. The lowest BCUT2D eigenvalue weighted by molar-refractivity contribution is 0.0952. The van der Waals surface area contributed by atoms with Gasteiger partial charge in [0.2, 0.25) is 0 Å². The van der Waals surface area contributed by atoms with Crippen LogP contribution in [0, 0.1) is 6.92 Å². The van der Waals surface area contributed by atoms with Crippen molar-refractivity contribution in [2.45, 2.75) is 32.9 Å². The summed E-state index contributed by atoms with van der Waals surface area (Å²) < 4.78 is 2.07. The van der Waals surface area contributed by atoms with Gasteiger partial charge in [-0.15, -0.1) is 0 Å². The summed E-state index contributed by atoms with van der Waals surface area (Å²) in [5, 5.41) is 12.7. The Hall–Kier alpha value is -2.92. The molecule has 2 N–H and O–H groups in total. The topological polar surface area (TPSA) is 67.2 Å². The summed E-state index contributed by atoms with van der Waals surface area (Å²) in [4.78, 5) is 16.5. The van der Waals surface area contributed by atoms with Gasteiger partial charge in [-0.3, -0.25) is 4.79 Å². The Morgan fingerprint density at radius 3 is 2.63 bits per heavy atom. The predicted molar refractivity (Wildman–Crippen MR) is 106 cm³/mol. The molecule has 0 saturated heterocycles. The normalized spacial score (nSPS) is 12.0. The smallest absolute Gasteiger partial charge is 0.251 e. The zero-order valence-electron chi connectivity index (χ0n) is 15.7. The Labute approximate surface area is 159 Å². The van der Waals surface area contributed by atoms with Gasteiger partial charge >= 0.3 is 0 Å². The van der Waals surface area contributed by atoms with Crippen molar-refractivity contribution in [1.82, 2.24) is 14.9 Å². The van der Waals surface area contributed by atoms with E-state index in [0.29, 0.717) is 12.1 Å². The molecule has 0 fully saturated rings. The van der Waals surface area contributed by atoms with E-state index in [2.05, 4.69) is 14.9 Å². The molecule has 140 valence electrons. The first-order chi connectivity index (χ1) is 13.0. The van der Waals surface area contributed by atoms with E-state index in [0.717, 1.165) is 35.5 Å². The van der Waals surface area contributed by atoms with Gasteiger partial charge in [0.25, 0.3) is 5.91 Å². The summed E-state index contributed by atoms with van der Waals surface area (Å²) >= 11 is 0. The quantitative estimate of drug-likeness (QED) is 0.629. The number of carbonyl (C=O) groups excluding carboxylic acids is 1. The molecule has 1 heterocycles. The second-order valence-electron chi connectivity index (χ2n) is 6.66. The monoisotopic (exact) mass is 363 g/mol. The van der Waals surface area contributed by atoms with E-state index >= 15 is 0 Å². The molecule has 0 aliphatic carbocycles. The van der Waals surface area contributed by atoms with Crippen LogP contribution in [0.4, 0.5) is 0 Å². The summed E-state index contributed by atoms with van der Waals surface area (Å²) in [5.74, 6) is 0.915. The number of aliphatic hydroxyl groups is 1. The van der Waals surface area contributed by atoms with Crippen LogP contribution in [0.3, 0.4) is 0 Å². The van der Waals surface area contributed by atoms with Gasteiger partial charge in [-0.05, 0) is 55.2 Å². The molecule has 1 atom stereocenters. The van der Waals surface area contributed by atoms with Gasteiger partial charge in [0, 0.05) is 31.0 Å². The number of aryl methyl sites for hydroxylation is 2. The van der Waals surface area contributed by atoms with Crippen LogP contribution in [-0.4, -0.2) is 27.1 Å². The van der Waals surface area contributed by atoms with Crippen LogP contribution in [0.25, 0.3) is 11.1 Å². The molecule has 1 amide bonds. The zero-order chi connectivity index (χ0) is 19.2. The number of carbonyl (C=O) groups is 1. The lowest BCUT2D eigenvalue weighted by atomic mass is 10.00. The first-order valence-corrected chi connectivity index (χ1v) is 9.19. The van der Waals surface area contributed by atoms with Gasteiger partial charge < -0.3 is 15.0 Å². The van der Waals surface area contributed by atoms with Crippen molar-refractivity contribution in [3.05, 3.63) is 77.9 Å². The van der Waals surface area contributed by atoms with Gasteiger partial charge in [-0.25, -0.2) is 4.98 Å². The molecule has 3 aromatic rings. The second kappa shape index (κ2) is 8.64. The van der Waals surface area contributed by atoms with Crippen molar-refractivity contribution in [2.75, 3.05) is 6.54 Å². The molecule has 0 aliphatic heterocycles. The van der Waals surface area contributed by atoms with Gasteiger partial charge in [0.1, 0.15) is 5.82 Å². The number of imidazole rings is 1. The first-order valence-electron chi connectivity index (χ1n) is 9.19. The van der Waals surface area contributed by atoms with Crippen molar-refractivity contribution in [2.24, 2.45) is 0 Å². The molecule has 0 saturated carbocycles. The van der Waals surface area contributed by atoms with Gasteiger partial charge in [0.05, 0.1) is 6.10 Å². The minimum Gasteiger partial charge on any atom is -0.389 e. The number of nitrogens with zero attached hydrogens (tertiary/aromatic N) is 2. The summed E-state index contributed by atoms with van der Waals surface area (Å²) in [6, 6.07) is 15.3. The van der Waals surface area contributed by atoms with Crippen LogP contribution < -0.4 is 5.32 Å². The molecule has 3 rings (SSSR count). The molecule has 0 spiro atoms. The van der Waals surface area contributed by atoms with Crippen molar-refractivity contribution < 1.29 is 9.90 Å². The fourth-order valence-corrected chi connectivity index (χ4v) is 2.99. The van der Waals surface area contributed by atoms with E-state index < -0.39 is 6.10 Å². The molecular weight excluding hydrogens is 338 g/mol. The third-order valence-corrected chi connectivity index (χ3v) is 4.63. The van der Waals surface area contributed by atoms with Gasteiger partial charge in [0.15, 0.2) is 0 Å². The molecule has 0 unspecified atom stereocenters. The highest BCUT2D eigenvalue weighted by Crippen LogP contribution is 2.23. The molecule has 1 aromatic heterocycles. The van der Waals surface area contributed by atoms with E-state index in [-0.39, 0.29) is 5.91 Å². The third kappa shape index (κ3) is 4.83. The molecule has 27 heavy (non-hydrogen) atoms. The zero-order valence-corrected chi connectivity index (χ0v) is 15.7. The maximum Gasteiger partial charge on any atom is 0.251 e. The SMILES string of the molecule is Cc1nccn1CCCNC(=O)c1ccc(-c2cccc([C@H](C)O)c2)cc1. The first kappa shape index (κ1) is 18.9. The second-order valence-corrected chi connectivity index (χ2v) is 6.66. The lowest BCUT2D eigenvalue weighted by Crippen LogP contribution is -2.25. The minimum atomic E-state index is -0.499. The number of rotatable bonds is 7. The average molecular weight is 363 g/mol. The molecule has 5 heteroatoms. The van der Waals surface area contributed by atoms with E-state index in [1.165, 1.54) is 0 Å². The molecule has 2 aromatic carbocycles. The van der Waals surface area contributed by atoms with E-state index in [4.69, 9.17) is 0 Å². The van der Waals surface area contributed by atoms with Crippen molar-refractivity contribution in [3.63, 3.8) is 0 Å². The molecule has 0 aliphatic rings. The predicted octanol–water partition coefficient (Wildman–Crippen LogP) is 3.73. The van der Waals surface area contributed by atoms with Crippen molar-refractivity contribution in [1.29, 1.82) is 0 Å². The molecule has 0 radical (unpaired) electrons. The van der Waals surface area contributed by atoms with Crippen LogP contribution in [-0.2, 0) is 6.54 Å². The number of hydrogen-bond donors (Lipinski definition) is 2. The summed E-state index contributed by atoms with van der Waals surface area (Å²) in [7, 11) is 0. The summed E-state index contributed by atoms with van der Waals surface area (Å²) in [6.45, 7) is 5.18. The summed E-state index contributed by atoms with van der Waals surface area (Å²) in [5.41, 5.74) is 3.56. The number of amides is 1. The van der Waals surface area contributed by atoms with E-state index in [1.54, 1.807) is 13.1 Å². The van der Waals surface area contributed by atoms with E-state index in [9.17, 15) is 9.90 Å². The highest BCUT2D eigenvalue weighted by Gasteiger charge is 2.07. The Kier molecular flexibility index (Phi) is 6.04. The number of benzene rings is 2. The fourth-order valence-electron chi connectivity index (χ4n) is 2.99. The minimum absolute atomic E-state index is 0.0679. The summed E-state index contributed by atoms with van der Waals surface area (Å²) in [6.07, 6.45) is 4.09. The Morgan fingerprint density at radius 2 is 1.96 bits per heavy atom. The van der Waals surface area contributed by atoms with E-state index in [1.807, 2.05) is 61.7 Å². The Morgan fingerprint density at radius 1 is 1.19 bits per heavy atom. The molecule has 0 bridgehead atoms. The highest BCUT2D eigenvalue weighted by molar-refractivity contribution is 5.94. The average Bonchev–Trinajstić information content (AvgIpc) is 3.10. The number of nitrogens with one attached hydrogen (secondary N) is 1. The largest absolute Gasteiger partial charge is 0.389 e. The number of aliphatic hydroxyl groups excluding tert-OH is 1. The van der Waals surface area contributed by atoms with Crippen molar-refractivity contribution >= 4 is 5.91 Å². The van der Waals surface area contributed by atoms with Gasteiger partial charge in [-0.2, -0.15) is 0 Å². The van der Waals surface area contributed by atoms with Crippen LogP contribution in [0.5, 0.6) is 0 Å². The maximum absolute atomic E-state index is 12.3. The molecular formula is C22H25N3O2. The highest BCUT2D eigenvalue weighted by atomic mass is 16.3. The van der Waals surface area contributed by atoms with Crippen LogP contribution in [0.1, 0.15) is 41.2 Å². The standard InChI is InChI=1S/C22H25N3O2/c1-16(26)20-5-3-6-21(15-20)18-7-9-19(10-8-18)22(27)24-11-4-13-25-14-12-23-17(25)2/h3,5-10,12,14-16,26H,4,11,13H2,1-2H3,(H,24,27)/t16-/m0/s1. The van der Waals surface area contributed by atoms with Crippen molar-refractivity contribution in [3.8, 4) is 11.1 Å². The number of hydrogen-bond acceptors (Lipinski definition) is 3. The third-order valence-electron chi connectivity index (χ3n) is 4.63. The van der Waals surface area contributed by atoms with Crippen LogP contribution in [0.2, 0.25) is 0 Å². The Balaban J connectivity index is 1.55. The molecule has 5 nitrogen and oxygen atoms in total. The Bertz CT molecular complexity index is 898. The van der Waals surface area contributed by atoms with Gasteiger partial charge in [-0.1, -0.05) is 30.3 Å². The van der Waals surface area contributed by atoms with Crippen LogP contribution in [0.15, 0.2) is 60.9 Å². The maximum atomic E-state index is 12.3. The fraction of sp³-hybridized carbons (Fsp3) is 0.273.